The summed E-state index contributed by atoms with van der Waals surface area (Å²) in [6, 6.07) is 2.54. The first-order chi connectivity index (χ1) is 9.60. The Morgan fingerprint density at radius 2 is 2.30 bits per heavy atom. The molecule has 0 spiro atoms. The predicted molar refractivity (Wildman–Crippen MR) is 78.4 cm³/mol. The zero-order valence-electron chi connectivity index (χ0n) is 12.7. The minimum absolute atomic E-state index is 0.248. The molecule has 0 radical (unpaired) electrons. The molecule has 2 rings (SSSR count). The fourth-order valence-corrected chi connectivity index (χ4v) is 2.22. The van der Waals surface area contributed by atoms with Crippen LogP contribution in [0.5, 0.6) is 5.88 Å². The van der Waals surface area contributed by atoms with Crippen LogP contribution in [-0.4, -0.2) is 55.5 Å². The first-order valence-electron chi connectivity index (χ1n) is 7.07. The van der Waals surface area contributed by atoms with Crippen LogP contribution in [0.15, 0.2) is 6.07 Å². The molecular weight excluding hydrogens is 256 g/mol. The van der Waals surface area contributed by atoms with Gasteiger partial charge in [0, 0.05) is 30.9 Å². The number of ether oxygens (including phenoxy) is 2. The summed E-state index contributed by atoms with van der Waals surface area (Å²) in [4.78, 5) is 11.2. The summed E-state index contributed by atoms with van der Waals surface area (Å²) >= 11 is 0. The van der Waals surface area contributed by atoms with E-state index in [9.17, 15) is 0 Å². The highest BCUT2D eigenvalue weighted by Crippen LogP contribution is 2.19. The molecule has 0 saturated carbocycles. The third-order valence-electron chi connectivity index (χ3n) is 3.27. The lowest BCUT2D eigenvalue weighted by atomic mass is 10.2. The number of methoxy groups -OCH3 is 1. The second kappa shape index (κ2) is 6.85. The molecule has 0 aromatic carbocycles. The topological polar surface area (TPSA) is 59.5 Å². The molecule has 1 N–H and O–H groups in total. The first-order valence-corrected chi connectivity index (χ1v) is 7.07. The number of aromatic nitrogens is 2. The Morgan fingerprint density at radius 1 is 1.50 bits per heavy atom. The Labute approximate surface area is 120 Å². The van der Waals surface area contributed by atoms with E-state index in [1.807, 2.05) is 13.0 Å². The van der Waals surface area contributed by atoms with Gasteiger partial charge in [0.05, 0.1) is 26.4 Å². The maximum atomic E-state index is 5.58. The second-order valence-corrected chi connectivity index (χ2v) is 5.34. The minimum Gasteiger partial charge on any atom is -0.481 e. The summed E-state index contributed by atoms with van der Waals surface area (Å²) in [5.74, 6) is 1.33. The molecule has 1 aromatic rings. The van der Waals surface area contributed by atoms with Crippen LogP contribution in [0.4, 0.5) is 5.95 Å². The maximum Gasteiger partial charge on any atom is 0.229 e. The zero-order valence-corrected chi connectivity index (χ0v) is 12.7. The van der Waals surface area contributed by atoms with Crippen molar-refractivity contribution in [2.24, 2.45) is 0 Å². The average molecular weight is 280 g/mol. The van der Waals surface area contributed by atoms with Gasteiger partial charge in [0.25, 0.3) is 0 Å². The van der Waals surface area contributed by atoms with Crippen LogP contribution < -0.4 is 15.0 Å². The zero-order chi connectivity index (χ0) is 14.5. The lowest BCUT2D eigenvalue weighted by molar-refractivity contribution is 0.0922. The van der Waals surface area contributed by atoms with Gasteiger partial charge in [-0.15, -0.1) is 0 Å². The number of aryl methyl sites for hydroxylation is 1. The predicted octanol–water partition coefficient (Wildman–Crippen LogP) is 0.997. The first kappa shape index (κ1) is 15.0. The molecule has 0 bridgehead atoms. The molecule has 20 heavy (non-hydrogen) atoms. The van der Waals surface area contributed by atoms with Gasteiger partial charge in [0.1, 0.15) is 0 Å². The molecule has 1 aliphatic rings. The summed E-state index contributed by atoms with van der Waals surface area (Å²) in [6.45, 7) is 9.29. The summed E-state index contributed by atoms with van der Waals surface area (Å²) in [5, 5.41) is 3.45. The van der Waals surface area contributed by atoms with Gasteiger partial charge >= 0.3 is 0 Å². The number of morpholine rings is 1. The van der Waals surface area contributed by atoms with Crippen molar-refractivity contribution in [2.75, 3.05) is 38.3 Å². The van der Waals surface area contributed by atoms with Gasteiger partial charge in [0.15, 0.2) is 0 Å². The van der Waals surface area contributed by atoms with Crippen LogP contribution in [0.25, 0.3) is 0 Å². The number of hydrogen-bond donors (Lipinski definition) is 1. The largest absolute Gasteiger partial charge is 0.481 e. The van der Waals surface area contributed by atoms with Crippen LogP contribution in [0.1, 0.15) is 19.5 Å². The Balaban J connectivity index is 2.16. The summed E-state index contributed by atoms with van der Waals surface area (Å²) in [7, 11) is 1.63. The average Bonchev–Trinajstić information content (AvgIpc) is 2.44. The van der Waals surface area contributed by atoms with E-state index >= 15 is 0 Å². The quantitative estimate of drug-likeness (QED) is 0.868. The van der Waals surface area contributed by atoms with Crippen molar-refractivity contribution in [3.05, 3.63) is 11.8 Å². The summed E-state index contributed by atoms with van der Waals surface area (Å²) in [5.41, 5.74) is 0.911. The van der Waals surface area contributed by atoms with Gasteiger partial charge in [-0.25, -0.2) is 4.98 Å². The molecule has 1 unspecified atom stereocenters. The Kier molecular flexibility index (Phi) is 5.14. The lowest BCUT2D eigenvalue weighted by Gasteiger charge is -2.36. The number of nitrogens with one attached hydrogen (secondary N) is 1. The fourth-order valence-electron chi connectivity index (χ4n) is 2.22. The van der Waals surface area contributed by atoms with E-state index in [2.05, 4.69) is 34.0 Å². The molecule has 1 saturated heterocycles. The van der Waals surface area contributed by atoms with E-state index in [0.29, 0.717) is 25.1 Å². The fraction of sp³-hybridized carbons (Fsp3) is 0.714. The number of rotatable bonds is 5. The van der Waals surface area contributed by atoms with Gasteiger partial charge in [-0.05, 0) is 6.92 Å². The summed E-state index contributed by atoms with van der Waals surface area (Å²) < 4.78 is 10.8. The maximum absolute atomic E-state index is 5.58. The molecular formula is C14H24N4O2. The monoisotopic (exact) mass is 280 g/mol. The highest BCUT2D eigenvalue weighted by Gasteiger charge is 2.25. The molecule has 1 atom stereocenters. The van der Waals surface area contributed by atoms with Crippen LogP contribution >= 0.6 is 0 Å². The molecule has 1 fully saturated rings. The second-order valence-electron chi connectivity index (χ2n) is 5.34. The summed E-state index contributed by atoms with van der Waals surface area (Å²) in [6.07, 6.45) is 0. The Bertz CT molecular complexity index is 439. The Morgan fingerprint density at radius 3 is 3.00 bits per heavy atom. The normalized spacial score (nSPS) is 19.4. The van der Waals surface area contributed by atoms with E-state index in [1.165, 1.54) is 0 Å². The van der Waals surface area contributed by atoms with Crippen molar-refractivity contribution in [2.45, 2.75) is 32.9 Å². The molecule has 2 heterocycles. The van der Waals surface area contributed by atoms with Crippen LogP contribution in [0.3, 0.4) is 0 Å². The van der Waals surface area contributed by atoms with Gasteiger partial charge < -0.3 is 19.7 Å². The lowest BCUT2D eigenvalue weighted by Crippen LogP contribution is -2.52. The van der Waals surface area contributed by atoms with Crippen molar-refractivity contribution >= 4 is 5.95 Å². The number of anilines is 1. The molecule has 1 aromatic heterocycles. The minimum atomic E-state index is 0.248. The van der Waals surface area contributed by atoms with Crippen molar-refractivity contribution in [3.8, 4) is 5.88 Å². The molecule has 6 heteroatoms. The van der Waals surface area contributed by atoms with E-state index in [1.54, 1.807) is 7.11 Å². The highest BCUT2D eigenvalue weighted by molar-refractivity contribution is 5.36. The number of hydrogen-bond acceptors (Lipinski definition) is 6. The molecule has 0 aliphatic carbocycles. The standard InChI is InChI=1S/C14H24N4O2/c1-10(2)15-8-12-9-20-6-5-18(12)14-16-11(3)7-13(17-14)19-4/h7,10,12,15H,5-6,8-9H2,1-4H3. The van der Waals surface area contributed by atoms with Gasteiger partial charge in [-0.3, -0.25) is 0 Å². The van der Waals surface area contributed by atoms with Crippen LogP contribution in [-0.2, 0) is 4.74 Å². The van der Waals surface area contributed by atoms with Gasteiger partial charge in [-0.2, -0.15) is 4.98 Å². The number of nitrogens with zero attached hydrogens (tertiary/aromatic N) is 3. The third-order valence-corrected chi connectivity index (χ3v) is 3.27. The van der Waals surface area contributed by atoms with Crippen molar-refractivity contribution < 1.29 is 9.47 Å². The van der Waals surface area contributed by atoms with E-state index < -0.39 is 0 Å². The molecule has 1 aliphatic heterocycles. The molecule has 0 amide bonds. The van der Waals surface area contributed by atoms with Gasteiger partial charge in [-0.1, -0.05) is 13.8 Å². The Hall–Kier alpha value is -1.40. The van der Waals surface area contributed by atoms with Crippen LogP contribution in [0, 0.1) is 6.92 Å². The smallest absolute Gasteiger partial charge is 0.229 e. The molecule has 6 nitrogen and oxygen atoms in total. The van der Waals surface area contributed by atoms with E-state index in [-0.39, 0.29) is 6.04 Å². The SMILES string of the molecule is COc1cc(C)nc(N2CCOCC2CNC(C)C)n1. The molecule has 112 valence electrons. The highest BCUT2D eigenvalue weighted by atomic mass is 16.5. The van der Waals surface area contributed by atoms with Gasteiger partial charge in [0.2, 0.25) is 11.8 Å². The van der Waals surface area contributed by atoms with Crippen LogP contribution in [0.2, 0.25) is 0 Å². The van der Waals surface area contributed by atoms with E-state index in [4.69, 9.17) is 9.47 Å². The van der Waals surface area contributed by atoms with Crippen molar-refractivity contribution in [3.63, 3.8) is 0 Å². The van der Waals surface area contributed by atoms with E-state index in [0.717, 1.165) is 24.7 Å². The van der Waals surface area contributed by atoms with Crippen molar-refractivity contribution in [1.29, 1.82) is 0 Å². The van der Waals surface area contributed by atoms with Crippen molar-refractivity contribution in [1.82, 2.24) is 15.3 Å². The third kappa shape index (κ3) is 3.80.